The largest absolute Gasteiger partial charge is 0.342 e. The minimum absolute atomic E-state index is 0.0419. The Bertz CT molecular complexity index is 519. The summed E-state index contributed by atoms with van der Waals surface area (Å²) in [6, 6.07) is 5.94. The van der Waals surface area contributed by atoms with E-state index in [0.717, 1.165) is 36.2 Å². The highest BCUT2D eigenvalue weighted by Crippen LogP contribution is 2.24. The molecule has 1 saturated heterocycles. The SMILES string of the molecule is CCCCN1C[C@@H](C(=O)Nc2c(C)cccc2C)CC1=O. The van der Waals surface area contributed by atoms with Crippen LogP contribution in [0, 0.1) is 19.8 Å². The van der Waals surface area contributed by atoms with Gasteiger partial charge in [0.1, 0.15) is 0 Å². The topological polar surface area (TPSA) is 49.4 Å². The summed E-state index contributed by atoms with van der Waals surface area (Å²) < 4.78 is 0. The van der Waals surface area contributed by atoms with Gasteiger partial charge in [-0.15, -0.1) is 0 Å². The third-order valence-corrected chi connectivity index (χ3v) is 4.10. The van der Waals surface area contributed by atoms with Gasteiger partial charge in [-0.3, -0.25) is 9.59 Å². The van der Waals surface area contributed by atoms with Crippen LogP contribution in [0.2, 0.25) is 0 Å². The van der Waals surface area contributed by atoms with Crippen molar-refractivity contribution in [1.82, 2.24) is 4.90 Å². The molecule has 1 aliphatic rings. The molecule has 0 saturated carbocycles. The first-order chi connectivity index (χ1) is 10.0. The highest BCUT2D eigenvalue weighted by molar-refractivity contribution is 5.98. The molecular weight excluding hydrogens is 264 g/mol. The number of rotatable bonds is 5. The summed E-state index contributed by atoms with van der Waals surface area (Å²) in [5.41, 5.74) is 2.98. The molecule has 4 heteroatoms. The zero-order chi connectivity index (χ0) is 15.4. The van der Waals surface area contributed by atoms with Gasteiger partial charge in [-0.25, -0.2) is 0 Å². The Labute approximate surface area is 126 Å². The van der Waals surface area contributed by atoms with Gasteiger partial charge >= 0.3 is 0 Å². The number of amides is 2. The average molecular weight is 288 g/mol. The fraction of sp³-hybridized carbons (Fsp3) is 0.529. The summed E-state index contributed by atoms with van der Waals surface area (Å²) in [4.78, 5) is 26.1. The van der Waals surface area contributed by atoms with Gasteiger partial charge in [0.15, 0.2) is 0 Å². The monoisotopic (exact) mass is 288 g/mol. The van der Waals surface area contributed by atoms with Crippen LogP contribution in [0.3, 0.4) is 0 Å². The van der Waals surface area contributed by atoms with E-state index in [9.17, 15) is 9.59 Å². The van der Waals surface area contributed by atoms with Crippen molar-refractivity contribution < 1.29 is 9.59 Å². The molecule has 0 radical (unpaired) electrons. The van der Waals surface area contributed by atoms with Crippen molar-refractivity contribution >= 4 is 17.5 Å². The third-order valence-electron chi connectivity index (χ3n) is 4.10. The van der Waals surface area contributed by atoms with E-state index in [1.807, 2.05) is 36.9 Å². The van der Waals surface area contributed by atoms with E-state index in [1.165, 1.54) is 0 Å². The number of likely N-dealkylation sites (tertiary alicyclic amines) is 1. The number of nitrogens with zero attached hydrogens (tertiary/aromatic N) is 1. The maximum absolute atomic E-state index is 12.4. The minimum Gasteiger partial charge on any atom is -0.342 e. The lowest BCUT2D eigenvalue weighted by Gasteiger charge is -2.17. The molecule has 0 unspecified atom stereocenters. The molecule has 1 heterocycles. The number of aryl methyl sites for hydroxylation is 2. The molecule has 2 rings (SSSR count). The summed E-state index contributed by atoms with van der Waals surface area (Å²) in [6.45, 7) is 7.38. The molecule has 1 aromatic rings. The Kier molecular flexibility index (Phi) is 4.99. The Balaban J connectivity index is 2.00. The summed E-state index contributed by atoms with van der Waals surface area (Å²) >= 11 is 0. The quantitative estimate of drug-likeness (QED) is 0.905. The smallest absolute Gasteiger partial charge is 0.229 e. The normalized spacial score (nSPS) is 18.1. The molecular formula is C17H24N2O2. The predicted octanol–water partition coefficient (Wildman–Crippen LogP) is 2.89. The summed E-state index contributed by atoms with van der Waals surface area (Å²) in [6.07, 6.45) is 2.39. The van der Waals surface area contributed by atoms with Crippen LogP contribution < -0.4 is 5.32 Å². The Morgan fingerprint density at radius 1 is 1.33 bits per heavy atom. The van der Waals surface area contributed by atoms with Crippen LogP contribution in [0.15, 0.2) is 18.2 Å². The second-order valence-corrected chi connectivity index (χ2v) is 5.85. The van der Waals surface area contributed by atoms with Crippen LogP contribution in [0.1, 0.15) is 37.3 Å². The van der Waals surface area contributed by atoms with Crippen LogP contribution in [-0.2, 0) is 9.59 Å². The number of unbranched alkanes of at least 4 members (excludes halogenated alkanes) is 1. The highest BCUT2D eigenvalue weighted by atomic mass is 16.2. The van der Waals surface area contributed by atoms with Crippen molar-refractivity contribution in [3.63, 3.8) is 0 Å². The van der Waals surface area contributed by atoms with Gasteiger partial charge < -0.3 is 10.2 Å². The van der Waals surface area contributed by atoms with Crippen molar-refractivity contribution in [3.8, 4) is 0 Å². The average Bonchev–Trinajstić information content (AvgIpc) is 2.82. The van der Waals surface area contributed by atoms with E-state index in [0.29, 0.717) is 13.0 Å². The lowest BCUT2D eigenvalue weighted by Crippen LogP contribution is -2.29. The van der Waals surface area contributed by atoms with Crippen LogP contribution in [0.5, 0.6) is 0 Å². The molecule has 2 amide bonds. The first-order valence-electron chi connectivity index (χ1n) is 7.67. The second-order valence-electron chi connectivity index (χ2n) is 5.85. The number of hydrogen-bond acceptors (Lipinski definition) is 2. The number of nitrogens with one attached hydrogen (secondary N) is 1. The second kappa shape index (κ2) is 6.74. The molecule has 1 N–H and O–H groups in total. The maximum atomic E-state index is 12.4. The van der Waals surface area contributed by atoms with Gasteiger partial charge in [0.25, 0.3) is 0 Å². The molecule has 0 aromatic heterocycles. The summed E-state index contributed by atoms with van der Waals surface area (Å²) in [7, 11) is 0. The van der Waals surface area contributed by atoms with Crippen LogP contribution in [-0.4, -0.2) is 29.8 Å². The number of carbonyl (C=O) groups is 2. The van der Waals surface area contributed by atoms with Gasteiger partial charge in [0.05, 0.1) is 5.92 Å². The first-order valence-corrected chi connectivity index (χ1v) is 7.67. The zero-order valence-electron chi connectivity index (χ0n) is 13.1. The van der Waals surface area contributed by atoms with E-state index in [1.54, 1.807) is 0 Å². The molecule has 0 aliphatic carbocycles. The lowest BCUT2D eigenvalue weighted by atomic mass is 10.1. The van der Waals surface area contributed by atoms with E-state index in [4.69, 9.17) is 0 Å². The van der Waals surface area contributed by atoms with E-state index in [-0.39, 0.29) is 17.7 Å². The summed E-state index contributed by atoms with van der Waals surface area (Å²) in [5.74, 6) is -0.168. The molecule has 4 nitrogen and oxygen atoms in total. The van der Waals surface area contributed by atoms with Gasteiger partial charge in [0.2, 0.25) is 11.8 Å². The fourth-order valence-electron chi connectivity index (χ4n) is 2.75. The number of benzene rings is 1. The number of carbonyl (C=O) groups excluding carboxylic acids is 2. The van der Waals surface area contributed by atoms with Gasteiger partial charge in [-0.2, -0.15) is 0 Å². The van der Waals surface area contributed by atoms with E-state index >= 15 is 0 Å². The maximum Gasteiger partial charge on any atom is 0.229 e. The molecule has 1 aliphatic heterocycles. The van der Waals surface area contributed by atoms with Crippen LogP contribution >= 0.6 is 0 Å². The van der Waals surface area contributed by atoms with Gasteiger partial charge in [-0.05, 0) is 31.4 Å². The molecule has 21 heavy (non-hydrogen) atoms. The van der Waals surface area contributed by atoms with E-state index in [2.05, 4.69) is 12.2 Å². The van der Waals surface area contributed by atoms with Gasteiger partial charge in [-0.1, -0.05) is 31.5 Å². The fourth-order valence-corrected chi connectivity index (χ4v) is 2.75. The predicted molar refractivity (Wildman–Crippen MR) is 84.1 cm³/mol. The summed E-state index contributed by atoms with van der Waals surface area (Å²) in [5, 5.41) is 3.00. The Morgan fingerprint density at radius 3 is 2.62 bits per heavy atom. The zero-order valence-corrected chi connectivity index (χ0v) is 13.1. The standard InChI is InChI=1S/C17H24N2O2/c1-4-5-9-19-11-14(10-15(19)20)17(21)18-16-12(2)7-6-8-13(16)3/h6-8,14H,4-5,9-11H2,1-3H3,(H,18,21)/t14-/m0/s1. The third kappa shape index (κ3) is 3.63. The Morgan fingerprint density at radius 2 is 2.00 bits per heavy atom. The van der Waals surface area contributed by atoms with Crippen molar-refractivity contribution in [3.05, 3.63) is 29.3 Å². The Hall–Kier alpha value is -1.84. The van der Waals surface area contributed by atoms with Crippen molar-refractivity contribution in [2.24, 2.45) is 5.92 Å². The molecule has 1 fully saturated rings. The van der Waals surface area contributed by atoms with Gasteiger partial charge in [0, 0.05) is 25.2 Å². The van der Waals surface area contributed by atoms with Crippen molar-refractivity contribution in [1.29, 1.82) is 0 Å². The molecule has 114 valence electrons. The minimum atomic E-state index is -0.228. The number of para-hydroxylation sites is 1. The van der Waals surface area contributed by atoms with Crippen LogP contribution in [0.4, 0.5) is 5.69 Å². The first kappa shape index (κ1) is 15.5. The molecule has 0 bridgehead atoms. The molecule has 0 spiro atoms. The highest BCUT2D eigenvalue weighted by Gasteiger charge is 2.34. The van der Waals surface area contributed by atoms with Crippen molar-refractivity contribution in [2.45, 2.75) is 40.0 Å². The lowest BCUT2D eigenvalue weighted by molar-refractivity contribution is -0.128. The van der Waals surface area contributed by atoms with Crippen LogP contribution in [0.25, 0.3) is 0 Å². The number of hydrogen-bond donors (Lipinski definition) is 1. The van der Waals surface area contributed by atoms with E-state index < -0.39 is 0 Å². The number of anilines is 1. The van der Waals surface area contributed by atoms with Crippen molar-refractivity contribution in [2.75, 3.05) is 18.4 Å². The molecule has 1 aromatic carbocycles. The molecule has 1 atom stereocenters.